The Labute approximate surface area is 146 Å². The summed E-state index contributed by atoms with van der Waals surface area (Å²) in [5, 5.41) is 21.2. The summed E-state index contributed by atoms with van der Waals surface area (Å²) < 4.78 is 0. The van der Waals surface area contributed by atoms with Crippen LogP contribution in [0, 0.1) is 11.8 Å². The maximum Gasteiger partial charge on any atom is 0.326 e. The van der Waals surface area contributed by atoms with Gasteiger partial charge in [0.2, 0.25) is 11.8 Å². The number of aliphatic carboxylic acids is 2. The molecule has 3 N–H and O–H groups in total. The number of carboxylic acid groups (broad SMARTS) is 2. The molecule has 1 aliphatic heterocycles. The van der Waals surface area contributed by atoms with Crippen molar-refractivity contribution in [2.75, 3.05) is 6.54 Å². The maximum absolute atomic E-state index is 12.5. The largest absolute Gasteiger partial charge is 0.481 e. The summed E-state index contributed by atoms with van der Waals surface area (Å²) in [5.41, 5.74) is 0. The minimum atomic E-state index is -1.04. The second-order valence-corrected chi connectivity index (χ2v) is 6.95. The topological polar surface area (TPSA) is 124 Å². The van der Waals surface area contributed by atoms with E-state index >= 15 is 0 Å². The van der Waals surface area contributed by atoms with Gasteiger partial charge in [-0.2, -0.15) is 0 Å². The number of carbonyl (C=O) groups excluding carboxylic acids is 2. The van der Waals surface area contributed by atoms with E-state index in [1.807, 2.05) is 0 Å². The number of hydrogen-bond donors (Lipinski definition) is 3. The van der Waals surface area contributed by atoms with Crippen molar-refractivity contribution in [2.24, 2.45) is 11.8 Å². The van der Waals surface area contributed by atoms with Crippen LogP contribution in [-0.2, 0) is 19.2 Å². The monoisotopic (exact) mass is 354 g/mol. The molecule has 0 spiro atoms. The number of nitrogens with one attached hydrogen (secondary N) is 1. The smallest absolute Gasteiger partial charge is 0.326 e. The average molecular weight is 354 g/mol. The van der Waals surface area contributed by atoms with Gasteiger partial charge in [-0.3, -0.25) is 14.4 Å². The van der Waals surface area contributed by atoms with E-state index in [1.165, 1.54) is 11.8 Å². The Kier molecular flexibility index (Phi) is 6.39. The molecule has 2 aliphatic rings. The highest BCUT2D eigenvalue weighted by Gasteiger charge is 2.38. The molecule has 8 heteroatoms. The molecule has 2 amide bonds. The Morgan fingerprint density at radius 3 is 2.16 bits per heavy atom. The fourth-order valence-corrected chi connectivity index (χ4v) is 3.84. The number of carbonyl (C=O) groups is 4. The lowest BCUT2D eigenvalue weighted by Crippen LogP contribution is -2.52. The first-order chi connectivity index (χ1) is 11.8. The highest BCUT2D eigenvalue weighted by atomic mass is 16.4. The second-order valence-electron chi connectivity index (χ2n) is 6.95. The van der Waals surface area contributed by atoms with Gasteiger partial charge in [-0.15, -0.1) is 0 Å². The molecule has 25 heavy (non-hydrogen) atoms. The van der Waals surface area contributed by atoms with Gasteiger partial charge in [0.05, 0.1) is 11.8 Å². The van der Waals surface area contributed by atoms with Crippen LogP contribution in [0.5, 0.6) is 0 Å². The molecule has 2 fully saturated rings. The standard InChI is InChI=1S/C17H26N2O6/c1-10(15(21)19-9-5-8-13(19)17(24)25)18-14(20)11-6-3-2-4-7-12(11)16(22)23/h10-13H,2-9H2,1H3,(H,18,20)(H,22,23)(H,24,25)/t10-,11?,12?,13-/m0/s1. The lowest BCUT2D eigenvalue weighted by Gasteiger charge is -2.27. The number of nitrogens with zero attached hydrogens (tertiary/aromatic N) is 1. The minimum Gasteiger partial charge on any atom is -0.481 e. The van der Waals surface area contributed by atoms with Gasteiger partial charge >= 0.3 is 11.9 Å². The van der Waals surface area contributed by atoms with Gasteiger partial charge in [0.15, 0.2) is 0 Å². The highest BCUT2D eigenvalue weighted by Crippen LogP contribution is 2.29. The van der Waals surface area contributed by atoms with Gasteiger partial charge in [-0.25, -0.2) is 4.79 Å². The van der Waals surface area contributed by atoms with Crippen LogP contribution >= 0.6 is 0 Å². The summed E-state index contributed by atoms with van der Waals surface area (Å²) in [6.45, 7) is 1.88. The Hall–Kier alpha value is -2.12. The molecule has 1 aliphatic carbocycles. The lowest BCUT2D eigenvalue weighted by molar-refractivity contribution is -0.150. The first kappa shape index (κ1) is 19.2. The van der Waals surface area contributed by atoms with E-state index in [0.29, 0.717) is 32.2 Å². The summed E-state index contributed by atoms with van der Waals surface area (Å²) in [6, 6.07) is -1.72. The quantitative estimate of drug-likeness (QED) is 0.629. The average Bonchev–Trinajstić information content (AvgIpc) is 2.91. The number of likely N-dealkylation sites (tertiary alicyclic amines) is 1. The van der Waals surface area contributed by atoms with Crippen molar-refractivity contribution in [3.8, 4) is 0 Å². The molecule has 2 rings (SSSR count). The molecule has 2 unspecified atom stereocenters. The van der Waals surface area contributed by atoms with Gasteiger partial charge in [0.25, 0.3) is 0 Å². The normalized spacial score (nSPS) is 28.0. The third kappa shape index (κ3) is 4.49. The fraction of sp³-hybridized carbons (Fsp3) is 0.765. The van der Waals surface area contributed by atoms with E-state index in [4.69, 9.17) is 0 Å². The van der Waals surface area contributed by atoms with Crippen molar-refractivity contribution in [3.63, 3.8) is 0 Å². The van der Waals surface area contributed by atoms with Crippen molar-refractivity contribution in [1.29, 1.82) is 0 Å². The Morgan fingerprint density at radius 1 is 0.920 bits per heavy atom. The van der Waals surface area contributed by atoms with E-state index in [2.05, 4.69) is 5.32 Å². The van der Waals surface area contributed by atoms with Crippen molar-refractivity contribution >= 4 is 23.8 Å². The van der Waals surface area contributed by atoms with Gasteiger partial charge in [0, 0.05) is 6.54 Å². The maximum atomic E-state index is 12.5. The van der Waals surface area contributed by atoms with Gasteiger partial charge in [-0.05, 0) is 32.6 Å². The molecule has 8 nitrogen and oxygen atoms in total. The first-order valence-electron chi connectivity index (χ1n) is 8.89. The van der Waals surface area contributed by atoms with Crippen LogP contribution in [0.15, 0.2) is 0 Å². The van der Waals surface area contributed by atoms with Crippen LogP contribution in [0.3, 0.4) is 0 Å². The molecule has 0 radical (unpaired) electrons. The first-order valence-corrected chi connectivity index (χ1v) is 8.89. The van der Waals surface area contributed by atoms with Crippen molar-refractivity contribution < 1.29 is 29.4 Å². The van der Waals surface area contributed by atoms with Crippen LogP contribution in [0.1, 0.15) is 51.9 Å². The number of carboxylic acids is 2. The molecule has 0 bridgehead atoms. The van der Waals surface area contributed by atoms with Crippen LogP contribution < -0.4 is 5.32 Å². The lowest BCUT2D eigenvalue weighted by atomic mass is 9.87. The van der Waals surface area contributed by atoms with Gasteiger partial charge in [0.1, 0.15) is 12.1 Å². The van der Waals surface area contributed by atoms with Crippen LogP contribution in [0.25, 0.3) is 0 Å². The van der Waals surface area contributed by atoms with Gasteiger partial charge in [-0.1, -0.05) is 19.3 Å². The summed E-state index contributed by atoms with van der Waals surface area (Å²) in [7, 11) is 0. The molecular formula is C17H26N2O6. The fourth-order valence-electron chi connectivity index (χ4n) is 3.84. The third-order valence-corrected chi connectivity index (χ3v) is 5.22. The Balaban J connectivity index is 2.01. The number of rotatable bonds is 5. The molecule has 0 aromatic carbocycles. The molecule has 1 saturated carbocycles. The predicted molar refractivity (Wildman–Crippen MR) is 87.7 cm³/mol. The molecule has 0 aromatic rings. The summed E-state index contributed by atoms with van der Waals surface area (Å²) in [5.74, 6) is -4.27. The van der Waals surface area contributed by atoms with E-state index < -0.39 is 47.7 Å². The Bertz CT molecular complexity index is 549. The highest BCUT2D eigenvalue weighted by molar-refractivity contribution is 5.92. The van der Waals surface area contributed by atoms with Crippen LogP contribution in [0.4, 0.5) is 0 Å². The van der Waals surface area contributed by atoms with Crippen LogP contribution in [0.2, 0.25) is 0 Å². The third-order valence-electron chi connectivity index (χ3n) is 5.22. The Morgan fingerprint density at radius 2 is 1.56 bits per heavy atom. The molecule has 140 valence electrons. The summed E-state index contributed by atoms with van der Waals surface area (Å²) in [4.78, 5) is 49.0. The zero-order valence-electron chi connectivity index (χ0n) is 14.4. The van der Waals surface area contributed by atoms with Crippen molar-refractivity contribution in [3.05, 3.63) is 0 Å². The molecule has 4 atom stereocenters. The second kappa shape index (κ2) is 8.31. The van der Waals surface area contributed by atoms with E-state index in [-0.39, 0.29) is 0 Å². The zero-order valence-corrected chi connectivity index (χ0v) is 14.4. The predicted octanol–water partition coefficient (Wildman–Crippen LogP) is 0.848. The zero-order chi connectivity index (χ0) is 18.6. The van der Waals surface area contributed by atoms with Crippen molar-refractivity contribution in [2.45, 2.75) is 64.0 Å². The number of amides is 2. The minimum absolute atomic E-state index is 0.358. The van der Waals surface area contributed by atoms with E-state index in [9.17, 15) is 29.4 Å². The molecule has 1 saturated heterocycles. The summed E-state index contributed by atoms with van der Waals surface area (Å²) >= 11 is 0. The summed E-state index contributed by atoms with van der Waals surface area (Å²) in [6.07, 6.45) is 4.45. The SMILES string of the molecule is C[C@H](NC(=O)C1CCCCCC1C(=O)O)C(=O)N1CCC[C@H]1C(=O)O. The van der Waals surface area contributed by atoms with Crippen molar-refractivity contribution in [1.82, 2.24) is 10.2 Å². The van der Waals surface area contributed by atoms with Gasteiger partial charge < -0.3 is 20.4 Å². The van der Waals surface area contributed by atoms with E-state index in [1.54, 1.807) is 0 Å². The van der Waals surface area contributed by atoms with Crippen LogP contribution in [-0.4, -0.2) is 57.5 Å². The molecule has 0 aromatic heterocycles. The van der Waals surface area contributed by atoms with E-state index in [0.717, 1.165) is 19.3 Å². The number of hydrogen-bond acceptors (Lipinski definition) is 4. The molecular weight excluding hydrogens is 328 g/mol. The molecule has 1 heterocycles.